The molecular weight excluding hydrogens is 580 g/mol. The lowest BCUT2D eigenvalue weighted by Gasteiger charge is -2.09. The van der Waals surface area contributed by atoms with Crippen LogP contribution in [-0.2, 0) is 49.1 Å². The Labute approximate surface area is 272 Å². The highest BCUT2D eigenvalue weighted by Gasteiger charge is 1.99. The first kappa shape index (κ1) is 41.4. The van der Waals surface area contributed by atoms with Crippen molar-refractivity contribution in [2.45, 2.75) is 51.9 Å². The average molecular weight is 643 g/mol. The molecule has 0 atom stereocenters. The predicted octanol–water partition coefficient (Wildman–Crippen LogP) is 5.30. The fraction of sp³-hybridized carbons (Fsp3) is 0.771. The number of hydrogen-bond acceptors (Lipinski definition) is 10. The van der Waals surface area contributed by atoms with Crippen LogP contribution < -0.4 is 4.74 Å². The minimum absolute atomic E-state index is 0.521. The summed E-state index contributed by atoms with van der Waals surface area (Å²) < 4.78 is 54.9. The molecular formula is C35H62O10. The topological polar surface area (TPSA) is 92.3 Å². The molecule has 45 heavy (non-hydrogen) atoms. The van der Waals surface area contributed by atoms with Crippen LogP contribution in [0.15, 0.2) is 36.9 Å². The highest BCUT2D eigenvalue weighted by Crippen LogP contribution is 2.15. The monoisotopic (exact) mass is 642 g/mol. The lowest BCUT2D eigenvalue weighted by molar-refractivity contribution is -0.0250. The van der Waals surface area contributed by atoms with E-state index in [2.05, 4.69) is 37.8 Å². The van der Waals surface area contributed by atoms with E-state index in [0.717, 1.165) is 12.2 Å². The first-order valence-electron chi connectivity index (χ1n) is 16.9. The van der Waals surface area contributed by atoms with E-state index in [1.54, 1.807) is 6.08 Å². The first-order chi connectivity index (χ1) is 22.4. The SMILES string of the molecule is C=CCOCCOCCOCCOCCOCCOCCOCCOCCOCCOc1ccc(CCCCCCCC)cc1. The molecule has 0 N–H and O–H groups in total. The van der Waals surface area contributed by atoms with Gasteiger partial charge in [-0.15, -0.1) is 6.58 Å². The number of benzene rings is 1. The molecule has 10 heteroatoms. The minimum atomic E-state index is 0.521. The molecule has 0 saturated carbocycles. The Hall–Kier alpha value is -1.60. The molecule has 0 heterocycles. The summed E-state index contributed by atoms with van der Waals surface area (Å²) in [6.07, 6.45) is 10.8. The third-order valence-corrected chi connectivity index (χ3v) is 6.45. The fourth-order valence-electron chi connectivity index (χ4n) is 4.01. The smallest absolute Gasteiger partial charge is 0.119 e. The zero-order valence-electron chi connectivity index (χ0n) is 28.1. The molecule has 0 radical (unpaired) electrons. The Kier molecular flexibility index (Phi) is 32.5. The molecule has 262 valence electrons. The largest absolute Gasteiger partial charge is 0.491 e. The number of unbranched alkanes of at least 4 members (excludes halogenated alkanes) is 5. The molecule has 0 unspecified atom stereocenters. The van der Waals surface area contributed by atoms with E-state index in [1.165, 1.54) is 44.1 Å². The van der Waals surface area contributed by atoms with Crippen LogP contribution in [0.2, 0.25) is 0 Å². The van der Waals surface area contributed by atoms with Crippen LogP contribution >= 0.6 is 0 Å². The molecule has 0 aliphatic carbocycles. The molecule has 0 bridgehead atoms. The van der Waals surface area contributed by atoms with Gasteiger partial charge in [-0.05, 0) is 30.5 Å². The van der Waals surface area contributed by atoms with Crippen LogP contribution in [0.4, 0.5) is 0 Å². The van der Waals surface area contributed by atoms with Gasteiger partial charge in [0.2, 0.25) is 0 Å². The van der Waals surface area contributed by atoms with Gasteiger partial charge in [0.25, 0.3) is 0 Å². The number of rotatable bonds is 37. The summed E-state index contributed by atoms with van der Waals surface area (Å²) in [6, 6.07) is 8.44. The van der Waals surface area contributed by atoms with Crippen molar-refractivity contribution in [1.29, 1.82) is 0 Å². The molecule has 0 saturated heterocycles. The maximum atomic E-state index is 5.77. The van der Waals surface area contributed by atoms with Crippen molar-refractivity contribution in [3.8, 4) is 5.75 Å². The quantitative estimate of drug-likeness (QED) is 0.0703. The van der Waals surface area contributed by atoms with E-state index in [-0.39, 0.29) is 0 Å². The highest BCUT2D eigenvalue weighted by atomic mass is 16.6. The molecule has 0 spiro atoms. The van der Waals surface area contributed by atoms with Gasteiger partial charge >= 0.3 is 0 Å². The van der Waals surface area contributed by atoms with Crippen LogP contribution in [0.3, 0.4) is 0 Å². The molecule has 1 aromatic rings. The molecule has 0 aliphatic rings. The Balaban J connectivity index is 1.71. The van der Waals surface area contributed by atoms with Gasteiger partial charge < -0.3 is 47.4 Å². The van der Waals surface area contributed by atoms with Gasteiger partial charge in [0.1, 0.15) is 12.4 Å². The third-order valence-electron chi connectivity index (χ3n) is 6.45. The van der Waals surface area contributed by atoms with E-state index in [1.807, 2.05) is 0 Å². The van der Waals surface area contributed by atoms with Crippen LogP contribution in [0, 0.1) is 0 Å². The maximum absolute atomic E-state index is 5.77. The van der Waals surface area contributed by atoms with Crippen molar-refractivity contribution in [2.24, 2.45) is 0 Å². The van der Waals surface area contributed by atoms with Gasteiger partial charge in [0, 0.05) is 0 Å². The van der Waals surface area contributed by atoms with Crippen molar-refractivity contribution in [1.82, 2.24) is 0 Å². The van der Waals surface area contributed by atoms with E-state index in [0.29, 0.717) is 126 Å². The predicted molar refractivity (Wildman–Crippen MR) is 177 cm³/mol. The van der Waals surface area contributed by atoms with Crippen molar-refractivity contribution in [2.75, 3.05) is 126 Å². The standard InChI is InChI=1S/C35H62O10/c1-3-5-6-7-8-9-10-34-11-13-35(14-12-34)45-33-32-44-31-30-43-29-28-42-27-26-41-25-24-40-23-22-39-21-20-38-19-18-37-17-16-36-15-4-2/h4,11-14H,2-3,5-10,15-33H2,1H3. The van der Waals surface area contributed by atoms with Crippen molar-refractivity contribution < 1.29 is 47.4 Å². The maximum Gasteiger partial charge on any atom is 0.119 e. The van der Waals surface area contributed by atoms with Crippen LogP contribution in [-0.4, -0.2) is 126 Å². The van der Waals surface area contributed by atoms with Crippen LogP contribution in [0.1, 0.15) is 51.0 Å². The minimum Gasteiger partial charge on any atom is -0.491 e. The van der Waals surface area contributed by atoms with E-state index < -0.39 is 0 Å². The van der Waals surface area contributed by atoms with Gasteiger partial charge in [0.15, 0.2) is 0 Å². The lowest BCUT2D eigenvalue weighted by Crippen LogP contribution is -2.15. The van der Waals surface area contributed by atoms with Gasteiger partial charge in [0.05, 0.1) is 119 Å². The van der Waals surface area contributed by atoms with Gasteiger partial charge in [-0.3, -0.25) is 0 Å². The summed E-state index contributed by atoms with van der Waals surface area (Å²) in [5.41, 5.74) is 1.38. The van der Waals surface area contributed by atoms with Gasteiger partial charge in [-0.25, -0.2) is 0 Å². The molecule has 0 aromatic heterocycles. The summed E-state index contributed by atoms with van der Waals surface area (Å²) >= 11 is 0. The normalized spacial score (nSPS) is 11.3. The van der Waals surface area contributed by atoms with Gasteiger partial charge in [-0.1, -0.05) is 57.2 Å². The third kappa shape index (κ3) is 30.8. The summed E-state index contributed by atoms with van der Waals surface area (Å²) in [7, 11) is 0. The average Bonchev–Trinajstić information content (AvgIpc) is 3.06. The summed E-state index contributed by atoms with van der Waals surface area (Å²) in [5, 5.41) is 0. The van der Waals surface area contributed by atoms with Crippen molar-refractivity contribution >= 4 is 0 Å². The number of aryl methyl sites for hydroxylation is 1. The number of hydrogen-bond donors (Lipinski definition) is 0. The van der Waals surface area contributed by atoms with E-state index in [4.69, 9.17) is 47.4 Å². The lowest BCUT2D eigenvalue weighted by atomic mass is 10.0. The second-order valence-electron chi connectivity index (χ2n) is 10.3. The zero-order chi connectivity index (χ0) is 32.1. The van der Waals surface area contributed by atoms with E-state index in [9.17, 15) is 0 Å². The first-order valence-corrected chi connectivity index (χ1v) is 16.9. The Morgan fingerprint density at radius 1 is 0.444 bits per heavy atom. The molecule has 10 nitrogen and oxygen atoms in total. The molecule has 0 amide bonds. The Bertz CT molecular complexity index is 719. The highest BCUT2D eigenvalue weighted by molar-refractivity contribution is 5.27. The second-order valence-corrected chi connectivity index (χ2v) is 10.3. The Morgan fingerprint density at radius 3 is 1.20 bits per heavy atom. The molecule has 0 aliphatic heterocycles. The zero-order valence-corrected chi connectivity index (χ0v) is 28.1. The molecule has 1 aromatic carbocycles. The summed E-state index contributed by atoms with van der Waals surface area (Å²) in [6.45, 7) is 16.0. The second kappa shape index (κ2) is 35.3. The molecule has 0 fully saturated rings. The number of ether oxygens (including phenoxy) is 10. The van der Waals surface area contributed by atoms with Crippen LogP contribution in [0.5, 0.6) is 5.75 Å². The van der Waals surface area contributed by atoms with Crippen molar-refractivity contribution in [3.05, 3.63) is 42.5 Å². The van der Waals surface area contributed by atoms with E-state index >= 15 is 0 Å². The summed E-state index contributed by atoms with van der Waals surface area (Å²) in [4.78, 5) is 0. The summed E-state index contributed by atoms with van der Waals surface area (Å²) in [5.74, 6) is 0.887. The Morgan fingerprint density at radius 2 is 0.800 bits per heavy atom. The van der Waals surface area contributed by atoms with Crippen molar-refractivity contribution in [3.63, 3.8) is 0 Å². The van der Waals surface area contributed by atoms with Crippen LogP contribution in [0.25, 0.3) is 0 Å². The molecule has 1 rings (SSSR count). The van der Waals surface area contributed by atoms with Gasteiger partial charge in [-0.2, -0.15) is 0 Å². The fourth-order valence-corrected chi connectivity index (χ4v) is 4.01.